The molecule has 2 nitrogen and oxygen atoms in total. The Hall–Kier alpha value is -0.860. The van der Waals surface area contributed by atoms with Gasteiger partial charge in [-0.15, -0.1) is 0 Å². The first-order chi connectivity index (χ1) is 6.86. The van der Waals surface area contributed by atoms with Crippen molar-refractivity contribution in [2.45, 2.75) is 19.9 Å². The number of rotatable bonds is 6. The summed E-state index contributed by atoms with van der Waals surface area (Å²) in [6.07, 6.45) is 1.08. The highest BCUT2D eigenvalue weighted by atomic mass is 15.1. The van der Waals surface area contributed by atoms with Crippen molar-refractivity contribution in [1.82, 2.24) is 4.90 Å². The Kier molecular flexibility index (Phi) is 5.27. The van der Waals surface area contributed by atoms with E-state index in [4.69, 9.17) is 5.73 Å². The summed E-state index contributed by atoms with van der Waals surface area (Å²) in [5, 5.41) is 0. The fourth-order valence-electron chi connectivity index (χ4n) is 1.51. The number of nitrogens with two attached hydrogens (primary N) is 1. The number of benzene rings is 1. The topological polar surface area (TPSA) is 29.3 Å². The Morgan fingerprint density at radius 3 is 2.50 bits per heavy atom. The molecule has 0 heterocycles. The smallest absolute Gasteiger partial charge is 0.0233 e. The molecule has 2 heteroatoms. The Morgan fingerprint density at radius 1 is 1.21 bits per heavy atom. The van der Waals surface area contributed by atoms with Crippen molar-refractivity contribution in [3.8, 4) is 0 Å². The Balaban J connectivity index is 2.40. The van der Waals surface area contributed by atoms with Gasteiger partial charge in [-0.25, -0.2) is 0 Å². The molecule has 0 aromatic heterocycles. The highest BCUT2D eigenvalue weighted by Crippen LogP contribution is 2.04. The average molecular weight is 192 g/mol. The van der Waals surface area contributed by atoms with Crippen LogP contribution in [0, 0.1) is 0 Å². The third-order valence-electron chi connectivity index (χ3n) is 2.37. The van der Waals surface area contributed by atoms with Gasteiger partial charge in [0.1, 0.15) is 0 Å². The maximum atomic E-state index is 5.50. The van der Waals surface area contributed by atoms with Crippen molar-refractivity contribution >= 4 is 0 Å². The van der Waals surface area contributed by atoms with E-state index in [1.807, 2.05) is 0 Å². The lowest BCUT2D eigenvalue weighted by molar-refractivity contribution is 0.278. The SMILES string of the molecule is CCN(CCCN)Cc1ccccc1. The summed E-state index contributed by atoms with van der Waals surface area (Å²) < 4.78 is 0. The van der Waals surface area contributed by atoms with Crippen molar-refractivity contribution in [3.63, 3.8) is 0 Å². The van der Waals surface area contributed by atoms with Gasteiger partial charge in [0.15, 0.2) is 0 Å². The quantitative estimate of drug-likeness (QED) is 0.745. The maximum absolute atomic E-state index is 5.50. The van der Waals surface area contributed by atoms with Gasteiger partial charge in [-0.3, -0.25) is 4.90 Å². The standard InChI is InChI=1S/C12H20N2/c1-2-14(10-6-9-13)11-12-7-4-3-5-8-12/h3-5,7-8H,2,6,9-11,13H2,1H3. The first-order valence-electron chi connectivity index (χ1n) is 5.33. The Morgan fingerprint density at radius 2 is 1.93 bits per heavy atom. The van der Waals surface area contributed by atoms with Gasteiger partial charge in [0, 0.05) is 6.54 Å². The summed E-state index contributed by atoms with van der Waals surface area (Å²) in [7, 11) is 0. The van der Waals surface area contributed by atoms with Crippen LogP contribution in [0.15, 0.2) is 30.3 Å². The molecule has 0 aliphatic rings. The van der Waals surface area contributed by atoms with Gasteiger partial charge in [-0.1, -0.05) is 37.3 Å². The minimum absolute atomic E-state index is 0.783. The summed E-state index contributed by atoms with van der Waals surface area (Å²) >= 11 is 0. The summed E-state index contributed by atoms with van der Waals surface area (Å²) in [5.41, 5.74) is 6.88. The zero-order valence-electron chi connectivity index (χ0n) is 8.95. The first-order valence-corrected chi connectivity index (χ1v) is 5.33. The zero-order chi connectivity index (χ0) is 10.2. The molecule has 2 N–H and O–H groups in total. The van der Waals surface area contributed by atoms with Crippen LogP contribution < -0.4 is 5.73 Å². The highest BCUT2D eigenvalue weighted by molar-refractivity contribution is 5.14. The van der Waals surface area contributed by atoms with Crippen LogP contribution in [-0.4, -0.2) is 24.5 Å². The average Bonchev–Trinajstić information content (AvgIpc) is 2.25. The Bertz CT molecular complexity index is 233. The molecule has 0 atom stereocenters. The molecule has 14 heavy (non-hydrogen) atoms. The predicted octanol–water partition coefficient (Wildman–Crippen LogP) is 1.86. The van der Waals surface area contributed by atoms with Crippen molar-refractivity contribution < 1.29 is 0 Å². The number of nitrogens with zero attached hydrogens (tertiary/aromatic N) is 1. The normalized spacial score (nSPS) is 10.8. The van der Waals surface area contributed by atoms with Gasteiger partial charge in [0.05, 0.1) is 0 Å². The monoisotopic (exact) mass is 192 g/mol. The summed E-state index contributed by atoms with van der Waals surface area (Å²) in [6.45, 7) is 6.21. The van der Waals surface area contributed by atoms with Gasteiger partial charge < -0.3 is 5.73 Å². The molecule has 1 rings (SSSR count). The van der Waals surface area contributed by atoms with E-state index < -0.39 is 0 Å². The summed E-state index contributed by atoms with van der Waals surface area (Å²) in [5.74, 6) is 0. The van der Waals surface area contributed by atoms with Crippen LogP contribution in [0.3, 0.4) is 0 Å². The second-order valence-electron chi connectivity index (χ2n) is 3.50. The molecule has 0 radical (unpaired) electrons. The maximum Gasteiger partial charge on any atom is 0.0233 e. The Labute approximate surface area is 86.7 Å². The van der Waals surface area contributed by atoms with E-state index in [2.05, 4.69) is 42.2 Å². The third-order valence-corrected chi connectivity index (χ3v) is 2.37. The molecule has 0 unspecified atom stereocenters. The molecule has 1 aromatic rings. The first kappa shape index (κ1) is 11.2. The molecule has 0 spiro atoms. The molecule has 0 aliphatic heterocycles. The minimum Gasteiger partial charge on any atom is -0.330 e. The van der Waals surface area contributed by atoms with Gasteiger partial charge in [-0.2, -0.15) is 0 Å². The predicted molar refractivity (Wildman–Crippen MR) is 61.1 cm³/mol. The fourth-order valence-corrected chi connectivity index (χ4v) is 1.51. The van der Waals surface area contributed by atoms with E-state index >= 15 is 0 Å². The lowest BCUT2D eigenvalue weighted by Gasteiger charge is -2.19. The van der Waals surface area contributed by atoms with Crippen LogP contribution in [0.2, 0.25) is 0 Å². The van der Waals surface area contributed by atoms with Crippen molar-refractivity contribution in [3.05, 3.63) is 35.9 Å². The summed E-state index contributed by atoms with van der Waals surface area (Å²) in [6, 6.07) is 10.6. The second-order valence-corrected chi connectivity index (χ2v) is 3.50. The van der Waals surface area contributed by atoms with Crippen LogP contribution in [0.5, 0.6) is 0 Å². The largest absolute Gasteiger partial charge is 0.330 e. The molecular weight excluding hydrogens is 172 g/mol. The van der Waals surface area contributed by atoms with Crippen molar-refractivity contribution in [2.75, 3.05) is 19.6 Å². The van der Waals surface area contributed by atoms with Crippen LogP contribution in [0.4, 0.5) is 0 Å². The highest BCUT2D eigenvalue weighted by Gasteiger charge is 2.01. The van der Waals surface area contributed by atoms with Crippen LogP contribution in [-0.2, 0) is 6.54 Å². The minimum atomic E-state index is 0.783. The van der Waals surface area contributed by atoms with Gasteiger partial charge >= 0.3 is 0 Å². The third kappa shape index (κ3) is 3.90. The molecule has 0 fully saturated rings. The van der Waals surface area contributed by atoms with Crippen molar-refractivity contribution in [2.24, 2.45) is 5.73 Å². The van der Waals surface area contributed by atoms with Crippen molar-refractivity contribution in [1.29, 1.82) is 0 Å². The lowest BCUT2D eigenvalue weighted by atomic mass is 10.2. The van der Waals surface area contributed by atoms with Crippen LogP contribution >= 0.6 is 0 Å². The molecule has 0 amide bonds. The zero-order valence-corrected chi connectivity index (χ0v) is 8.95. The van der Waals surface area contributed by atoms with Gasteiger partial charge in [-0.05, 0) is 31.6 Å². The van der Waals surface area contributed by atoms with E-state index in [0.29, 0.717) is 0 Å². The van der Waals surface area contributed by atoms with E-state index in [-0.39, 0.29) is 0 Å². The second kappa shape index (κ2) is 6.57. The number of hydrogen-bond donors (Lipinski definition) is 1. The van der Waals surface area contributed by atoms with Crippen LogP contribution in [0.25, 0.3) is 0 Å². The van der Waals surface area contributed by atoms with E-state index in [0.717, 1.165) is 32.6 Å². The lowest BCUT2D eigenvalue weighted by Crippen LogP contribution is -2.25. The molecule has 1 aromatic carbocycles. The van der Waals surface area contributed by atoms with E-state index in [1.165, 1.54) is 5.56 Å². The molecule has 0 aliphatic carbocycles. The molecular formula is C12H20N2. The van der Waals surface area contributed by atoms with E-state index in [1.54, 1.807) is 0 Å². The molecule has 0 saturated heterocycles. The molecule has 0 bridgehead atoms. The van der Waals surface area contributed by atoms with Gasteiger partial charge in [0.2, 0.25) is 0 Å². The van der Waals surface area contributed by atoms with Gasteiger partial charge in [0.25, 0.3) is 0 Å². The van der Waals surface area contributed by atoms with E-state index in [9.17, 15) is 0 Å². The van der Waals surface area contributed by atoms with Crippen LogP contribution in [0.1, 0.15) is 18.9 Å². The number of hydrogen-bond acceptors (Lipinski definition) is 2. The molecule has 0 saturated carbocycles. The molecule has 78 valence electrons. The summed E-state index contributed by atoms with van der Waals surface area (Å²) in [4.78, 5) is 2.42. The fraction of sp³-hybridized carbons (Fsp3) is 0.500.